The van der Waals surface area contributed by atoms with Crippen LogP contribution < -0.4 is 26.0 Å². The first-order chi connectivity index (χ1) is 15.4. The topological polar surface area (TPSA) is 133 Å². The lowest BCUT2D eigenvalue weighted by molar-refractivity contribution is 0.0918. The van der Waals surface area contributed by atoms with E-state index in [2.05, 4.69) is 15.3 Å². The van der Waals surface area contributed by atoms with Crippen LogP contribution in [0.25, 0.3) is 11.2 Å². The van der Waals surface area contributed by atoms with E-state index in [0.717, 1.165) is 4.57 Å². The molecule has 2 N–H and O–H groups in total. The summed E-state index contributed by atoms with van der Waals surface area (Å²) in [5.74, 6) is 1.73. The predicted octanol–water partition coefficient (Wildman–Crippen LogP) is 1.07. The molecule has 0 saturated carbocycles. The largest absolute Gasteiger partial charge is 0.497 e. The van der Waals surface area contributed by atoms with E-state index in [1.165, 1.54) is 24.7 Å². The minimum absolute atomic E-state index is 0.0151. The maximum Gasteiger partial charge on any atom is 0.332 e. The van der Waals surface area contributed by atoms with Gasteiger partial charge >= 0.3 is 5.69 Å². The summed E-state index contributed by atoms with van der Waals surface area (Å²) >= 11 is 0. The smallest absolute Gasteiger partial charge is 0.332 e. The third-order valence-electron chi connectivity index (χ3n) is 4.87. The molecule has 11 heteroatoms. The highest BCUT2D eigenvalue weighted by molar-refractivity contribution is 5.91. The van der Waals surface area contributed by atoms with E-state index in [-0.39, 0.29) is 30.1 Å². The average Bonchev–Trinajstić information content (AvgIpc) is 3.46. The van der Waals surface area contributed by atoms with Crippen molar-refractivity contribution in [1.29, 1.82) is 0 Å². The highest BCUT2D eigenvalue weighted by Gasteiger charge is 2.16. The molecule has 4 aromatic rings. The van der Waals surface area contributed by atoms with Gasteiger partial charge in [-0.05, 0) is 24.3 Å². The molecule has 0 spiro atoms. The molecule has 0 fully saturated rings. The zero-order valence-electron chi connectivity index (χ0n) is 17.7. The molecule has 1 amide bonds. The standard InChI is InChI=1S/C21H21N5O6/c1-25-18-17(20(28)26(2)21(25)29)23-16(24-18)10-22-19(27)15-8-7-14(32-15)11-31-13-6-4-5-12(9-13)30-3/h4-9H,10-11H2,1-3H3,(H,22,27)(H,23,24). The Hall–Kier alpha value is -4.28. The zero-order valence-corrected chi connectivity index (χ0v) is 17.7. The number of carbonyl (C=O) groups is 1. The molecule has 0 unspecified atom stereocenters. The number of H-pyrrole nitrogens is 1. The number of ether oxygens (including phenoxy) is 2. The Morgan fingerprint density at radius 2 is 1.94 bits per heavy atom. The van der Waals surface area contributed by atoms with Crippen molar-refractivity contribution in [2.24, 2.45) is 14.1 Å². The molecule has 0 saturated heterocycles. The van der Waals surface area contributed by atoms with Crippen LogP contribution in [0.5, 0.6) is 11.5 Å². The Morgan fingerprint density at radius 1 is 1.16 bits per heavy atom. The Bertz CT molecular complexity index is 1410. The van der Waals surface area contributed by atoms with Gasteiger partial charge < -0.3 is 24.2 Å². The zero-order chi connectivity index (χ0) is 22.8. The number of nitrogens with zero attached hydrogens (tertiary/aromatic N) is 3. The SMILES string of the molecule is COc1cccc(OCc2ccc(C(=O)NCc3nc4c([nH]3)c(=O)n(C)c(=O)n4C)o2)c1. The average molecular weight is 439 g/mol. The molecule has 166 valence electrons. The van der Waals surface area contributed by atoms with Crippen LogP contribution in [0.4, 0.5) is 0 Å². The number of carbonyl (C=O) groups excluding carboxylic acids is 1. The second kappa shape index (κ2) is 8.46. The Balaban J connectivity index is 1.40. The highest BCUT2D eigenvalue weighted by Crippen LogP contribution is 2.20. The van der Waals surface area contributed by atoms with Crippen molar-refractivity contribution < 1.29 is 18.7 Å². The van der Waals surface area contributed by atoms with Gasteiger partial charge in [0.25, 0.3) is 11.5 Å². The number of aromatic nitrogens is 4. The van der Waals surface area contributed by atoms with Gasteiger partial charge in [0.15, 0.2) is 11.4 Å². The van der Waals surface area contributed by atoms with E-state index in [0.29, 0.717) is 23.1 Å². The van der Waals surface area contributed by atoms with Crippen LogP contribution in [0.1, 0.15) is 22.1 Å². The van der Waals surface area contributed by atoms with Gasteiger partial charge in [0, 0.05) is 20.2 Å². The molecular weight excluding hydrogens is 418 g/mol. The van der Waals surface area contributed by atoms with E-state index in [1.54, 1.807) is 31.4 Å². The van der Waals surface area contributed by atoms with Crippen LogP contribution in [0.2, 0.25) is 0 Å². The fourth-order valence-corrected chi connectivity index (χ4v) is 3.13. The molecule has 0 bridgehead atoms. The number of amides is 1. The summed E-state index contributed by atoms with van der Waals surface area (Å²) in [6.45, 7) is 0.155. The van der Waals surface area contributed by atoms with Crippen molar-refractivity contribution in [3.05, 3.63) is 74.6 Å². The van der Waals surface area contributed by atoms with Crippen molar-refractivity contribution in [2.75, 3.05) is 7.11 Å². The van der Waals surface area contributed by atoms with Crippen LogP contribution in [0.15, 0.2) is 50.4 Å². The van der Waals surface area contributed by atoms with E-state index in [1.807, 2.05) is 6.07 Å². The van der Waals surface area contributed by atoms with Crippen LogP contribution in [0, 0.1) is 0 Å². The first-order valence-corrected chi connectivity index (χ1v) is 9.65. The summed E-state index contributed by atoms with van der Waals surface area (Å²) in [6.07, 6.45) is 0. The number of hydrogen-bond donors (Lipinski definition) is 2. The lowest BCUT2D eigenvalue weighted by Gasteiger charge is -2.06. The summed E-state index contributed by atoms with van der Waals surface area (Å²) in [5, 5.41) is 2.67. The molecular formula is C21H21N5O6. The third kappa shape index (κ3) is 4.00. The van der Waals surface area contributed by atoms with Crippen LogP contribution in [-0.2, 0) is 27.2 Å². The molecule has 11 nitrogen and oxygen atoms in total. The molecule has 3 aromatic heterocycles. The number of aromatic amines is 1. The fourth-order valence-electron chi connectivity index (χ4n) is 3.13. The monoisotopic (exact) mass is 439 g/mol. The quantitative estimate of drug-likeness (QED) is 0.440. The molecule has 0 aliphatic carbocycles. The first kappa shape index (κ1) is 21.0. The Labute approximate surface area is 181 Å². The number of nitrogens with one attached hydrogen (secondary N) is 2. The second-order valence-corrected chi connectivity index (χ2v) is 7.00. The number of aryl methyl sites for hydroxylation is 1. The molecule has 0 atom stereocenters. The second-order valence-electron chi connectivity index (χ2n) is 7.00. The number of methoxy groups -OCH3 is 1. The number of benzene rings is 1. The van der Waals surface area contributed by atoms with E-state index < -0.39 is 17.2 Å². The van der Waals surface area contributed by atoms with Crippen molar-refractivity contribution in [3.8, 4) is 11.5 Å². The third-order valence-corrected chi connectivity index (χ3v) is 4.87. The minimum Gasteiger partial charge on any atom is -0.497 e. The minimum atomic E-state index is -0.486. The van der Waals surface area contributed by atoms with Gasteiger partial charge in [-0.1, -0.05) is 6.07 Å². The van der Waals surface area contributed by atoms with Crippen molar-refractivity contribution in [2.45, 2.75) is 13.2 Å². The van der Waals surface area contributed by atoms with Gasteiger partial charge in [-0.2, -0.15) is 0 Å². The van der Waals surface area contributed by atoms with Crippen molar-refractivity contribution >= 4 is 17.1 Å². The molecule has 0 aliphatic rings. The number of rotatable bonds is 7. The van der Waals surface area contributed by atoms with Crippen molar-refractivity contribution in [1.82, 2.24) is 24.4 Å². The molecule has 32 heavy (non-hydrogen) atoms. The fraction of sp³-hybridized carbons (Fsp3) is 0.238. The van der Waals surface area contributed by atoms with Gasteiger partial charge in [0.05, 0.1) is 13.7 Å². The van der Waals surface area contributed by atoms with Crippen LogP contribution in [-0.4, -0.2) is 32.1 Å². The lowest BCUT2D eigenvalue weighted by Crippen LogP contribution is -2.36. The summed E-state index contributed by atoms with van der Waals surface area (Å²) in [6, 6.07) is 10.3. The molecule has 4 rings (SSSR count). The van der Waals surface area contributed by atoms with Gasteiger partial charge in [0.2, 0.25) is 0 Å². The van der Waals surface area contributed by atoms with Gasteiger partial charge in [0.1, 0.15) is 35.2 Å². The normalized spacial score (nSPS) is 11.0. The summed E-state index contributed by atoms with van der Waals surface area (Å²) < 4.78 is 18.6. The predicted molar refractivity (Wildman–Crippen MR) is 114 cm³/mol. The highest BCUT2D eigenvalue weighted by atomic mass is 16.5. The van der Waals surface area contributed by atoms with E-state index in [9.17, 15) is 14.4 Å². The Morgan fingerprint density at radius 3 is 2.72 bits per heavy atom. The molecule has 0 radical (unpaired) electrons. The maximum absolute atomic E-state index is 12.4. The van der Waals surface area contributed by atoms with Gasteiger partial charge in [-0.15, -0.1) is 0 Å². The lowest BCUT2D eigenvalue weighted by atomic mass is 10.3. The summed E-state index contributed by atoms with van der Waals surface area (Å²) in [5.41, 5.74) is -0.560. The van der Waals surface area contributed by atoms with Gasteiger partial charge in [-0.25, -0.2) is 9.78 Å². The molecule has 0 aliphatic heterocycles. The van der Waals surface area contributed by atoms with Crippen molar-refractivity contribution in [3.63, 3.8) is 0 Å². The van der Waals surface area contributed by atoms with Gasteiger partial charge in [-0.3, -0.25) is 18.7 Å². The number of hydrogen-bond acceptors (Lipinski definition) is 7. The van der Waals surface area contributed by atoms with E-state index >= 15 is 0 Å². The Kier molecular flexibility index (Phi) is 5.54. The molecule has 1 aromatic carbocycles. The maximum atomic E-state index is 12.4. The first-order valence-electron chi connectivity index (χ1n) is 9.65. The number of imidazole rings is 1. The molecule has 3 heterocycles. The van der Waals surface area contributed by atoms with Crippen LogP contribution in [0.3, 0.4) is 0 Å². The summed E-state index contributed by atoms with van der Waals surface area (Å²) in [4.78, 5) is 43.8. The summed E-state index contributed by atoms with van der Waals surface area (Å²) in [7, 11) is 4.48. The van der Waals surface area contributed by atoms with Crippen LogP contribution >= 0.6 is 0 Å². The van der Waals surface area contributed by atoms with E-state index in [4.69, 9.17) is 13.9 Å². The number of fused-ring (bicyclic) bond motifs is 1. The number of furan rings is 1.